The molecule has 1 amide bonds. The molecule has 1 aliphatic rings. The Labute approximate surface area is 128 Å². The molecule has 0 bridgehead atoms. The Morgan fingerprint density at radius 2 is 2.20 bits per heavy atom. The maximum Gasteiger partial charge on any atom is 0.237 e. The molecule has 0 heterocycles. The van der Waals surface area contributed by atoms with E-state index in [1.807, 2.05) is 6.92 Å². The number of thioether (sulfide) groups is 1. The van der Waals surface area contributed by atoms with Crippen molar-refractivity contribution in [1.82, 2.24) is 5.32 Å². The van der Waals surface area contributed by atoms with Gasteiger partial charge in [-0.05, 0) is 57.2 Å². The van der Waals surface area contributed by atoms with Gasteiger partial charge in [0.1, 0.15) is 0 Å². The quantitative estimate of drug-likeness (QED) is 0.642. The highest BCUT2D eigenvalue weighted by Crippen LogP contribution is 2.32. The number of nitrogens with two attached hydrogens (primary N) is 1. The van der Waals surface area contributed by atoms with Gasteiger partial charge in [-0.2, -0.15) is 11.8 Å². The molecule has 0 aromatic carbocycles. The molecule has 4 heteroatoms. The Morgan fingerprint density at radius 1 is 1.45 bits per heavy atom. The predicted molar refractivity (Wildman–Crippen MR) is 89.0 cm³/mol. The number of hydrogen-bond acceptors (Lipinski definition) is 3. The van der Waals surface area contributed by atoms with E-state index in [1.54, 1.807) is 0 Å². The van der Waals surface area contributed by atoms with Gasteiger partial charge >= 0.3 is 0 Å². The average molecular weight is 301 g/mol. The third kappa shape index (κ3) is 6.04. The number of rotatable bonds is 9. The molecule has 1 aliphatic carbocycles. The molecule has 3 nitrogen and oxygen atoms in total. The van der Waals surface area contributed by atoms with E-state index in [4.69, 9.17) is 5.73 Å². The van der Waals surface area contributed by atoms with Crippen molar-refractivity contribution in [3.8, 4) is 0 Å². The van der Waals surface area contributed by atoms with Crippen LogP contribution in [0.25, 0.3) is 0 Å². The lowest BCUT2D eigenvalue weighted by Crippen LogP contribution is -2.53. The summed E-state index contributed by atoms with van der Waals surface area (Å²) in [7, 11) is 0. The fraction of sp³-hybridized carbons (Fsp3) is 0.938. The molecule has 0 aliphatic heterocycles. The van der Waals surface area contributed by atoms with Crippen molar-refractivity contribution in [2.45, 2.75) is 76.5 Å². The highest BCUT2D eigenvalue weighted by Gasteiger charge is 2.29. The van der Waals surface area contributed by atoms with E-state index in [0.717, 1.165) is 42.7 Å². The van der Waals surface area contributed by atoms with Crippen molar-refractivity contribution < 1.29 is 4.79 Å². The second kappa shape index (κ2) is 8.93. The van der Waals surface area contributed by atoms with Crippen LogP contribution < -0.4 is 11.1 Å². The van der Waals surface area contributed by atoms with Gasteiger partial charge in [-0.1, -0.05) is 26.7 Å². The highest BCUT2D eigenvalue weighted by atomic mass is 32.2. The summed E-state index contributed by atoms with van der Waals surface area (Å²) >= 11 is 2.10. The van der Waals surface area contributed by atoms with Crippen LogP contribution in [0.5, 0.6) is 0 Å². The summed E-state index contributed by atoms with van der Waals surface area (Å²) in [5.41, 5.74) is 5.02. The first-order chi connectivity index (χ1) is 9.48. The molecule has 0 saturated heterocycles. The largest absolute Gasteiger partial charge is 0.368 e. The summed E-state index contributed by atoms with van der Waals surface area (Å²) in [6.45, 7) is 7.27. The van der Waals surface area contributed by atoms with Crippen LogP contribution in [-0.2, 0) is 4.79 Å². The Balaban J connectivity index is 2.24. The summed E-state index contributed by atoms with van der Waals surface area (Å²) < 4.78 is 0. The molecule has 1 saturated carbocycles. The standard InChI is InChI=1S/C16H32N2OS/c1-4-10-18-16(3,15(17)19)9-6-11-20-14-8-5-7-13(2)12-14/h13-14,18H,4-12H2,1-3H3,(H2,17,19). The maximum atomic E-state index is 11.6. The molecule has 0 radical (unpaired) electrons. The van der Waals surface area contributed by atoms with Crippen LogP contribution in [0.1, 0.15) is 65.7 Å². The SMILES string of the molecule is CCCNC(C)(CCCSC1CCCC(C)C1)C(N)=O. The Morgan fingerprint density at radius 3 is 2.80 bits per heavy atom. The minimum absolute atomic E-state index is 0.220. The highest BCUT2D eigenvalue weighted by molar-refractivity contribution is 7.99. The molecule has 3 unspecified atom stereocenters. The summed E-state index contributed by atoms with van der Waals surface area (Å²) in [6.07, 6.45) is 8.45. The Bertz CT molecular complexity index is 298. The van der Waals surface area contributed by atoms with Crippen LogP contribution in [0.3, 0.4) is 0 Å². The Kier molecular flexibility index (Phi) is 7.96. The fourth-order valence-corrected chi connectivity index (χ4v) is 4.35. The summed E-state index contributed by atoms with van der Waals surface area (Å²) in [5, 5.41) is 4.14. The average Bonchev–Trinajstić information content (AvgIpc) is 2.41. The Hall–Kier alpha value is -0.220. The molecule has 0 spiro atoms. The van der Waals surface area contributed by atoms with Crippen LogP contribution >= 0.6 is 11.8 Å². The number of carbonyl (C=O) groups excluding carboxylic acids is 1. The second-order valence-electron chi connectivity index (χ2n) is 6.49. The number of amides is 1. The summed E-state index contributed by atoms with van der Waals surface area (Å²) in [6, 6.07) is 0. The molecule has 3 N–H and O–H groups in total. The van der Waals surface area contributed by atoms with Gasteiger partial charge in [0, 0.05) is 5.25 Å². The zero-order valence-electron chi connectivity index (χ0n) is 13.4. The predicted octanol–water partition coefficient (Wildman–Crippen LogP) is 3.32. The summed E-state index contributed by atoms with van der Waals surface area (Å²) in [4.78, 5) is 11.6. The van der Waals surface area contributed by atoms with Crippen LogP contribution in [0.2, 0.25) is 0 Å². The lowest BCUT2D eigenvalue weighted by molar-refractivity contribution is -0.124. The topological polar surface area (TPSA) is 55.1 Å². The first-order valence-corrected chi connectivity index (χ1v) is 9.19. The van der Waals surface area contributed by atoms with Gasteiger partial charge < -0.3 is 11.1 Å². The molecule has 1 rings (SSSR count). The van der Waals surface area contributed by atoms with E-state index in [2.05, 4.69) is 30.9 Å². The number of nitrogens with one attached hydrogen (secondary N) is 1. The van der Waals surface area contributed by atoms with E-state index >= 15 is 0 Å². The molecular formula is C16H32N2OS. The fourth-order valence-electron chi connectivity index (χ4n) is 2.91. The van der Waals surface area contributed by atoms with Crippen LogP contribution in [-0.4, -0.2) is 29.0 Å². The van der Waals surface area contributed by atoms with Gasteiger partial charge in [0.15, 0.2) is 0 Å². The zero-order valence-corrected chi connectivity index (χ0v) is 14.2. The van der Waals surface area contributed by atoms with Crippen molar-refractivity contribution in [1.29, 1.82) is 0 Å². The smallest absolute Gasteiger partial charge is 0.237 e. The number of hydrogen-bond donors (Lipinski definition) is 2. The monoisotopic (exact) mass is 300 g/mol. The first-order valence-electron chi connectivity index (χ1n) is 8.14. The van der Waals surface area contributed by atoms with E-state index < -0.39 is 5.54 Å². The maximum absolute atomic E-state index is 11.6. The van der Waals surface area contributed by atoms with Gasteiger partial charge in [0.2, 0.25) is 5.91 Å². The normalized spacial score (nSPS) is 26.1. The molecule has 0 aromatic rings. The van der Waals surface area contributed by atoms with E-state index in [9.17, 15) is 4.79 Å². The van der Waals surface area contributed by atoms with Crippen molar-refractivity contribution in [3.05, 3.63) is 0 Å². The first kappa shape index (κ1) is 17.8. The number of primary amides is 1. The molecule has 118 valence electrons. The van der Waals surface area contributed by atoms with Crippen molar-refractivity contribution >= 4 is 17.7 Å². The third-order valence-corrected chi connectivity index (χ3v) is 5.80. The van der Waals surface area contributed by atoms with E-state index in [-0.39, 0.29) is 5.91 Å². The minimum Gasteiger partial charge on any atom is -0.368 e. The molecule has 3 atom stereocenters. The van der Waals surface area contributed by atoms with Gasteiger partial charge in [-0.3, -0.25) is 4.79 Å². The lowest BCUT2D eigenvalue weighted by Gasteiger charge is -2.29. The summed E-state index contributed by atoms with van der Waals surface area (Å²) in [5.74, 6) is 1.82. The zero-order chi connectivity index (χ0) is 15.0. The van der Waals surface area contributed by atoms with Gasteiger partial charge in [-0.15, -0.1) is 0 Å². The minimum atomic E-state index is -0.531. The molecule has 1 fully saturated rings. The second-order valence-corrected chi connectivity index (χ2v) is 7.90. The van der Waals surface area contributed by atoms with Crippen LogP contribution in [0.4, 0.5) is 0 Å². The lowest BCUT2D eigenvalue weighted by atomic mass is 9.91. The van der Waals surface area contributed by atoms with Gasteiger partial charge in [-0.25, -0.2) is 0 Å². The van der Waals surface area contributed by atoms with Crippen LogP contribution in [0, 0.1) is 5.92 Å². The van der Waals surface area contributed by atoms with E-state index in [0.29, 0.717) is 0 Å². The molecular weight excluding hydrogens is 268 g/mol. The van der Waals surface area contributed by atoms with E-state index in [1.165, 1.54) is 25.7 Å². The van der Waals surface area contributed by atoms with Crippen molar-refractivity contribution in [2.24, 2.45) is 11.7 Å². The van der Waals surface area contributed by atoms with Crippen molar-refractivity contribution in [3.63, 3.8) is 0 Å². The number of carbonyl (C=O) groups is 1. The van der Waals surface area contributed by atoms with Gasteiger partial charge in [0.05, 0.1) is 5.54 Å². The third-order valence-electron chi connectivity index (χ3n) is 4.37. The van der Waals surface area contributed by atoms with Crippen molar-refractivity contribution in [2.75, 3.05) is 12.3 Å². The molecule has 20 heavy (non-hydrogen) atoms. The van der Waals surface area contributed by atoms with Crippen LogP contribution in [0.15, 0.2) is 0 Å². The molecule has 0 aromatic heterocycles. The van der Waals surface area contributed by atoms with Gasteiger partial charge in [0.25, 0.3) is 0 Å².